The van der Waals surface area contributed by atoms with Crippen molar-refractivity contribution in [2.75, 3.05) is 13.1 Å². The zero-order chi connectivity index (χ0) is 15.3. The summed E-state index contributed by atoms with van der Waals surface area (Å²) < 4.78 is 0. The van der Waals surface area contributed by atoms with Crippen molar-refractivity contribution in [1.82, 2.24) is 10.2 Å². The van der Waals surface area contributed by atoms with Gasteiger partial charge in [-0.1, -0.05) is 13.8 Å². The molecule has 1 heterocycles. The fourth-order valence-electron chi connectivity index (χ4n) is 2.55. The van der Waals surface area contributed by atoms with Crippen molar-refractivity contribution in [2.45, 2.75) is 45.6 Å². The molecule has 0 aromatic rings. The van der Waals surface area contributed by atoms with E-state index in [1.54, 1.807) is 4.90 Å². The maximum Gasteiger partial charge on any atom is 0.326 e. The molecule has 0 saturated carbocycles. The van der Waals surface area contributed by atoms with Gasteiger partial charge in [-0.05, 0) is 24.7 Å². The fraction of sp³-hybridized carbons (Fsp3) is 0.769. The first-order chi connectivity index (χ1) is 9.33. The first-order valence-electron chi connectivity index (χ1n) is 6.83. The molecule has 3 N–H and O–H groups in total. The van der Waals surface area contributed by atoms with Gasteiger partial charge >= 0.3 is 18.0 Å². The minimum atomic E-state index is -1.39. The standard InChI is InChI=1S/C13H22N2O5/c1-3-13(4-2)5-6-15(8-13)12(20)14-9(11(18)19)7-10(16)17/h9H,3-8H2,1-2H3,(H,14,20)(H,16,17)(H,18,19)/t9-/m1/s1. The second-order valence-corrected chi connectivity index (χ2v) is 5.32. The average molecular weight is 286 g/mol. The average Bonchev–Trinajstić information content (AvgIpc) is 2.82. The number of likely N-dealkylation sites (tertiary alicyclic amines) is 1. The highest BCUT2D eigenvalue weighted by atomic mass is 16.4. The van der Waals surface area contributed by atoms with E-state index in [0.29, 0.717) is 13.1 Å². The van der Waals surface area contributed by atoms with E-state index in [4.69, 9.17) is 10.2 Å². The number of nitrogens with one attached hydrogen (secondary N) is 1. The number of aliphatic carboxylic acids is 2. The highest BCUT2D eigenvalue weighted by molar-refractivity contribution is 5.86. The monoisotopic (exact) mass is 286 g/mol. The van der Waals surface area contributed by atoms with Gasteiger partial charge in [0.05, 0.1) is 6.42 Å². The van der Waals surface area contributed by atoms with Gasteiger partial charge in [0, 0.05) is 13.1 Å². The lowest BCUT2D eigenvalue weighted by atomic mass is 9.82. The highest BCUT2D eigenvalue weighted by Gasteiger charge is 2.38. The van der Waals surface area contributed by atoms with Crippen LogP contribution in [-0.2, 0) is 9.59 Å². The van der Waals surface area contributed by atoms with Crippen LogP contribution in [0.15, 0.2) is 0 Å². The third-order valence-corrected chi connectivity index (χ3v) is 4.20. The summed E-state index contributed by atoms with van der Waals surface area (Å²) in [5.74, 6) is -2.59. The lowest BCUT2D eigenvalue weighted by Gasteiger charge is -2.27. The Hall–Kier alpha value is -1.79. The minimum absolute atomic E-state index is 0.100. The molecule has 2 amide bonds. The molecule has 20 heavy (non-hydrogen) atoms. The van der Waals surface area contributed by atoms with E-state index in [1.165, 1.54) is 0 Å². The van der Waals surface area contributed by atoms with E-state index >= 15 is 0 Å². The summed E-state index contributed by atoms with van der Waals surface area (Å²) in [6.45, 7) is 5.32. The zero-order valence-corrected chi connectivity index (χ0v) is 11.9. The Morgan fingerprint density at radius 1 is 1.25 bits per heavy atom. The number of carboxylic acid groups (broad SMARTS) is 2. The molecule has 1 atom stereocenters. The third kappa shape index (κ3) is 3.85. The van der Waals surface area contributed by atoms with Crippen LogP contribution in [0.2, 0.25) is 0 Å². The topological polar surface area (TPSA) is 107 Å². The normalized spacial score (nSPS) is 18.6. The Balaban J connectivity index is 2.62. The zero-order valence-electron chi connectivity index (χ0n) is 11.9. The molecule has 1 aliphatic rings. The first kappa shape index (κ1) is 16.3. The summed E-state index contributed by atoms with van der Waals surface area (Å²) >= 11 is 0. The van der Waals surface area contributed by atoms with Crippen LogP contribution < -0.4 is 5.32 Å². The largest absolute Gasteiger partial charge is 0.481 e. The second-order valence-electron chi connectivity index (χ2n) is 5.32. The molecule has 0 unspecified atom stereocenters. The van der Waals surface area contributed by atoms with Gasteiger partial charge in [-0.25, -0.2) is 9.59 Å². The summed E-state index contributed by atoms with van der Waals surface area (Å²) in [5, 5.41) is 19.8. The molecule has 1 aliphatic heterocycles. The lowest BCUT2D eigenvalue weighted by molar-refractivity contribution is -0.145. The van der Waals surface area contributed by atoms with Gasteiger partial charge in [-0.15, -0.1) is 0 Å². The second kappa shape index (κ2) is 6.58. The third-order valence-electron chi connectivity index (χ3n) is 4.20. The van der Waals surface area contributed by atoms with E-state index < -0.39 is 30.4 Å². The number of carboxylic acids is 2. The Bertz CT molecular complexity index is 392. The number of hydrogen-bond acceptors (Lipinski definition) is 3. The first-order valence-corrected chi connectivity index (χ1v) is 6.83. The van der Waals surface area contributed by atoms with Crippen LogP contribution in [0.5, 0.6) is 0 Å². The number of hydrogen-bond donors (Lipinski definition) is 3. The van der Waals surface area contributed by atoms with Gasteiger partial charge in [-0.2, -0.15) is 0 Å². The maximum absolute atomic E-state index is 12.0. The van der Waals surface area contributed by atoms with E-state index in [-0.39, 0.29) is 5.41 Å². The number of carbonyl (C=O) groups excluding carboxylic acids is 1. The Kier molecular flexibility index (Phi) is 5.35. The summed E-state index contributed by atoms with van der Waals surface area (Å²) in [6, 6.07) is -1.89. The van der Waals surface area contributed by atoms with Gasteiger partial charge in [0.25, 0.3) is 0 Å². The van der Waals surface area contributed by atoms with Crippen molar-refractivity contribution < 1.29 is 24.6 Å². The van der Waals surface area contributed by atoms with Crippen molar-refractivity contribution in [1.29, 1.82) is 0 Å². The summed E-state index contributed by atoms with van der Waals surface area (Å²) in [7, 11) is 0. The molecular weight excluding hydrogens is 264 g/mol. The molecule has 114 valence electrons. The molecule has 7 heteroatoms. The van der Waals surface area contributed by atoms with Crippen LogP contribution in [0.1, 0.15) is 39.5 Å². The van der Waals surface area contributed by atoms with E-state index in [0.717, 1.165) is 19.3 Å². The number of urea groups is 1. The molecule has 0 aromatic heterocycles. The van der Waals surface area contributed by atoms with Gasteiger partial charge in [-0.3, -0.25) is 4.79 Å². The van der Waals surface area contributed by atoms with Crippen molar-refractivity contribution in [3.8, 4) is 0 Å². The minimum Gasteiger partial charge on any atom is -0.481 e. The van der Waals surface area contributed by atoms with Crippen LogP contribution in [-0.4, -0.2) is 52.2 Å². The SMILES string of the molecule is CCC1(CC)CCN(C(=O)N[C@H](CC(=O)O)C(=O)O)C1. The van der Waals surface area contributed by atoms with Crippen LogP contribution >= 0.6 is 0 Å². The quantitative estimate of drug-likeness (QED) is 0.678. The molecule has 1 rings (SSSR count). The summed E-state index contributed by atoms with van der Waals surface area (Å²) in [6.07, 6.45) is 2.20. The Morgan fingerprint density at radius 3 is 2.25 bits per heavy atom. The van der Waals surface area contributed by atoms with E-state index in [1.807, 2.05) is 0 Å². The van der Waals surface area contributed by atoms with E-state index in [9.17, 15) is 14.4 Å². The van der Waals surface area contributed by atoms with Gasteiger partial charge in [0.1, 0.15) is 6.04 Å². The number of rotatable bonds is 6. The maximum atomic E-state index is 12.0. The van der Waals surface area contributed by atoms with Crippen LogP contribution in [0.4, 0.5) is 4.79 Å². The van der Waals surface area contributed by atoms with Crippen molar-refractivity contribution >= 4 is 18.0 Å². The van der Waals surface area contributed by atoms with Crippen molar-refractivity contribution in [3.63, 3.8) is 0 Å². The summed E-state index contributed by atoms with van der Waals surface area (Å²) in [5.41, 5.74) is 0.100. The summed E-state index contributed by atoms with van der Waals surface area (Å²) in [4.78, 5) is 35.1. The van der Waals surface area contributed by atoms with Crippen LogP contribution in [0, 0.1) is 5.41 Å². The van der Waals surface area contributed by atoms with Crippen molar-refractivity contribution in [3.05, 3.63) is 0 Å². The Morgan fingerprint density at radius 2 is 1.85 bits per heavy atom. The lowest BCUT2D eigenvalue weighted by Crippen LogP contribution is -2.48. The number of nitrogens with zero attached hydrogens (tertiary/aromatic N) is 1. The Labute approximate surface area is 117 Å². The number of carbonyl (C=O) groups is 3. The van der Waals surface area contributed by atoms with Gasteiger partial charge in [0.2, 0.25) is 0 Å². The van der Waals surface area contributed by atoms with Crippen molar-refractivity contribution in [2.24, 2.45) is 5.41 Å². The number of amides is 2. The molecular formula is C13H22N2O5. The molecule has 7 nitrogen and oxygen atoms in total. The highest BCUT2D eigenvalue weighted by Crippen LogP contribution is 2.36. The molecule has 0 aliphatic carbocycles. The molecule has 0 bridgehead atoms. The molecule has 0 radical (unpaired) electrons. The predicted octanol–water partition coefficient (Wildman–Crippen LogP) is 1.14. The molecule has 1 fully saturated rings. The molecule has 1 saturated heterocycles. The predicted molar refractivity (Wildman–Crippen MR) is 71.4 cm³/mol. The van der Waals surface area contributed by atoms with Gasteiger partial charge < -0.3 is 20.4 Å². The molecule has 0 spiro atoms. The van der Waals surface area contributed by atoms with Crippen LogP contribution in [0.25, 0.3) is 0 Å². The van der Waals surface area contributed by atoms with E-state index in [2.05, 4.69) is 19.2 Å². The van der Waals surface area contributed by atoms with Crippen LogP contribution in [0.3, 0.4) is 0 Å². The smallest absolute Gasteiger partial charge is 0.326 e. The fourth-order valence-corrected chi connectivity index (χ4v) is 2.55. The molecule has 0 aromatic carbocycles. The van der Waals surface area contributed by atoms with Gasteiger partial charge in [0.15, 0.2) is 0 Å².